The fraction of sp³-hybridized carbons (Fsp3) is 0.533. The molecule has 0 bridgehead atoms. The highest BCUT2D eigenvalue weighted by Gasteiger charge is 2.42. The molecular weight excluding hydrogens is 240 g/mol. The molecule has 0 unspecified atom stereocenters. The average Bonchev–Trinajstić information content (AvgIpc) is 2.39. The summed E-state index contributed by atoms with van der Waals surface area (Å²) in [5, 5.41) is 2.96. The van der Waals surface area contributed by atoms with Gasteiger partial charge in [0.2, 0.25) is 5.91 Å². The number of rotatable bonds is 7. The smallest absolute Gasteiger partial charge is 0.227 e. The van der Waals surface area contributed by atoms with E-state index in [1.807, 2.05) is 30.3 Å². The van der Waals surface area contributed by atoms with Crippen LogP contribution in [0.15, 0.2) is 30.3 Å². The van der Waals surface area contributed by atoms with Crippen molar-refractivity contribution in [3.8, 4) is 5.75 Å². The standard InChI is InChI=1S/C15H22N2O2/c16-12-15(8-4-9-15)14(18)17-10-5-11-19-13-6-2-1-3-7-13/h1-3,6-7H,4-5,8-12,16H2,(H,17,18). The van der Waals surface area contributed by atoms with Gasteiger partial charge in [0.25, 0.3) is 0 Å². The Morgan fingerprint density at radius 3 is 2.63 bits per heavy atom. The summed E-state index contributed by atoms with van der Waals surface area (Å²) in [6, 6.07) is 9.70. The molecule has 0 aromatic heterocycles. The lowest BCUT2D eigenvalue weighted by molar-refractivity contribution is -0.135. The Labute approximate surface area is 114 Å². The highest BCUT2D eigenvalue weighted by molar-refractivity contribution is 5.83. The van der Waals surface area contributed by atoms with E-state index < -0.39 is 0 Å². The molecule has 1 saturated carbocycles. The van der Waals surface area contributed by atoms with Gasteiger partial charge in [-0.15, -0.1) is 0 Å². The number of para-hydroxylation sites is 1. The van der Waals surface area contributed by atoms with Crippen LogP contribution in [0.25, 0.3) is 0 Å². The van der Waals surface area contributed by atoms with Crippen molar-refractivity contribution < 1.29 is 9.53 Å². The third-order valence-electron chi connectivity index (χ3n) is 3.80. The van der Waals surface area contributed by atoms with Crippen LogP contribution < -0.4 is 15.8 Å². The Bertz CT molecular complexity index is 396. The largest absolute Gasteiger partial charge is 0.494 e. The predicted molar refractivity (Wildman–Crippen MR) is 74.9 cm³/mol. The maximum atomic E-state index is 12.0. The fourth-order valence-electron chi connectivity index (χ4n) is 2.30. The molecule has 1 aliphatic carbocycles. The molecule has 1 aromatic rings. The zero-order valence-electron chi connectivity index (χ0n) is 11.2. The third kappa shape index (κ3) is 3.47. The maximum Gasteiger partial charge on any atom is 0.227 e. The minimum atomic E-state index is -0.277. The number of benzene rings is 1. The Kier molecular flexibility index (Phi) is 4.80. The summed E-state index contributed by atoms with van der Waals surface area (Å²) in [6.07, 6.45) is 3.77. The summed E-state index contributed by atoms with van der Waals surface area (Å²) in [5.74, 6) is 0.979. The van der Waals surface area contributed by atoms with E-state index in [1.165, 1.54) is 0 Å². The lowest BCUT2D eigenvalue weighted by Crippen LogP contribution is -2.50. The first kappa shape index (κ1) is 13.9. The molecule has 1 aromatic carbocycles. The summed E-state index contributed by atoms with van der Waals surface area (Å²) < 4.78 is 5.56. The van der Waals surface area contributed by atoms with Crippen LogP contribution in [0.4, 0.5) is 0 Å². The second-order valence-corrected chi connectivity index (χ2v) is 5.11. The molecule has 4 heteroatoms. The molecule has 0 spiro atoms. The quantitative estimate of drug-likeness (QED) is 0.735. The van der Waals surface area contributed by atoms with Gasteiger partial charge < -0.3 is 15.8 Å². The van der Waals surface area contributed by atoms with Gasteiger partial charge in [-0.25, -0.2) is 0 Å². The van der Waals surface area contributed by atoms with Crippen molar-refractivity contribution in [2.75, 3.05) is 19.7 Å². The van der Waals surface area contributed by atoms with Crippen molar-refractivity contribution >= 4 is 5.91 Å². The van der Waals surface area contributed by atoms with Crippen molar-refractivity contribution in [1.82, 2.24) is 5.32 Å². The van der Waals surface area contributed by atoms with E-state index in [1.54, 1.807) is 0 Å². The van der Waals surface area contributed by atoms with E-state index in [4.69, 9.17) is 10.5 Å². The SMILES string of the molecule is NCC1(C(=O)NCCCOc2ccccc2)CCC1. The molecule has 104 valence electrons. The summed E-state index contributed by atoms with van der Waals surface area (Å²) in [7, 11) is 0. The summed E-state index contributed by atoms with van der Waals surface area (Å²) in [5.41, 5.74) is 5.41. The molecule has 4 nitrogen and oxygen atoms in total. The topological polar surface area (TPSA) is 64.4 Å². The number of carbonyl (C=O) groups is 1. The molecule has 2 rings (SSSR count). The van der Waals surface area contributed by atoms with Gasteiger partial charge in [-0.1, -0.05) is 24.6 Å². The molecule has 0 aliphatic heterocycles. The predicted octanol–water partition coefficient (Wildman–Crippen LogP) is 1.70. The minimum absolute atomic E-state index is 0.112. The van der Waals surface area contributed by atoms with Crippen LogP contribution >= 0.6 is 0 Å². The van der Waals surface area contributed by atoms with Crippen LogP contribution in [-0.2, 0) is 4.79 Å². The van der Waals surface area contributed by atoms with Gasteiger partial charge >= 0.3 is 0 Å². The second kappa shape index (κ2) is 6.57. The molecule has 1 fully saturated rings. The van der Waals surface area contributed by atoms with Crippen molar-refractivity contribution in [2.45, 2.75) is 25.7 Å². The van der Waals surface area contributed by atoms with E-state index >= 15 is 0 Å². The zero-order chi connectivity index (χ0) is 13.6. The second-order valence-electron chi connectivity index (χ2n) is 5.11. The summed E-state index contributed by atoms with van der Waals surface area (Å²) >= 11 is 0. The van der Waals surface area contributed by atoms with Crippen molar-refractivity contribution in [2.24, 2.45) is 11.1 Å². The highest BCUT2D eigenvalue weighted by Crippen LogP contribution is 2.39. The molecule has 0 saturated heterocycles. The third-order valence-corrected chi connectivity index (χ3v) is 3.80. The van der Waals surface area contributed by atoms with E-state index in [-0.39, 0.29) is 11.3 Å². The lowest BCUT2D eigenvalue weighted by Gasteiger charge is -2.39. The lowest BCUT2D eigenvalue weighted by atomic mass is 9.68. The van der Waals surface area contributed by atoms with Gasteiger partial charge in [0, 0.05) is 13.1 Å². The van der Waals surface area contributed by atoms with Crippen molar-refractivity contribution in [1.29, 1.82) is 0 Å². The molecular formula is C15H22N2O2. The first-order valence-electron chi connectivity index (χ1n) is 6.93. The molecule has 19 heavy (non-hydrogen) atoms. The number of hydrogen-bond donors (Lipinski definition) is 2. The number of nitrogens with two attached hydrogens (primary N) is 1. The van der Waals surface area contributed by atoms with Gasteiger partial charge in [0.1, 0.15) is 5.75 Å². The summed E-state index contributed by atoms with van der Waals surface area (Å²) in [6.45, 7) is 1.71. The van der Waals surface area contributed by atoms with Crippen LogP contribution in [0.5, 0.6) is 5.75 Å². The summed E-state index contributed by atoms with van der Waals surface area (Å²) in [4.78, 5) is 12.0. The van der Waals surface area contributed by atoms with Gasteiger partial charge in [-0.3, -0.25) is 4.79 Å². The first-order chi connectivity index (χ1) is 9.27. The maximum absolute atomic E-state index is 12.0. The van der Waals surface area contributed by atoms with Gasteiger partial charge in [0.15, 0.2) is 0 Å². The van der Waals surface area contributed by atoms with E-state index in [0.717, 1.165) is 31.4 Å². The van der Waals surface area contributed by atoms with E-state index in [0.29, 0.717) is 19.7 Å². The molecule has 3 N–H and O–H groups in total. The first-order valence-corrected chi connectivity index (χ1v) is 6.93. The molecule has 1 aliphatic rings. The van der Waals surface area contributed by atoms with Gasteiger partial charge in [0.05, 0.1) is 12.0 Å². The van der Waals surface area contributed by atoms with Gasteiger partial charge in [-0.05, 0) is 31.4 Å². The van der Waals surface area contributed by atoms with Crippen molar-refractivity contribution in [3.05, 3.63) is 30.3 Å². The minimum Gasteiger partial charge on any atom is -0.494 e. The number of hydrogen-bond acceptors (Lipinski definition) is 3. The Hall–Kier alpha value is -1.55. The number of carbonyl (C=O) groups excluding carboxylic acids is 1. The van der Waals surface area contributed by atoms with Gasteiger partial charge in [-0.2, -0.15) is 0 Å². The number of amides is 1. The van der Waals surface area contributed by atoms with E-state index in [9.17, 15) is 4.79 Å². The Morgan fingerprint density at radius 1 is 1.32 bits per heavy atom. The number of ether oxygens (including phenoxy) is 1. The monoisotopic (exact) mass is 262 g/mol. The van der Waals surface area contributed by atoms with E-state index in [2.05, 4.69) is 5.32 Å². The zero-order valence-corrected chi connectivity index (χ0v) is 11.2. The van der Waals surface area contributed by atoms with Crippen LogP contribution in [0.3, 0.4) is 0 Å². The molecule has 0 atom stereocenters. The van der Waals surface area contributed by atoms with Crippen LogP contribution in [0.1, 0.15) is 25.7 Å². The number of nitrogens with one attached hydrogen (secondary N) is 1. The molecule has 0 radical (unpaired) electrons. The Morgan fingerprint density at radius 2 is 2.05 bits per heavy atom. The van der Waals surface area contributed by atoms with Crippen molar-refractivity contribution in [3.63, 3.8) is 0 Å². The van der Waals surface area contributed by atoms with Crippen LogP contribution in [-0.4, -0.2) is 25.6 Å². The molecule has 1 amide bonds. The highest BCUT2D eigenvalue weighted by atomic mass is 16.5. The Balaban J connectivity index is 1.61. The normalized spacial score (nSPS) is 16.5. The van der Waals surface area contributed by atoms with Crippen LogP contribution in [0, 0.1) is 5.41 Å². The molecule has 0 heterocycles. The van der Waals surface area contributed by atoms with Crippen LogP contribution in [0.2, 0.25) is 0 Å². The fourth-order valence-corrected chi connectivity index (χ4v) is 2.30. The average molecular weight is 262 g/mol.